The van der Waals surface area contributed by atoms with E-state index >= 15 is 0 Å². The predicted octanol–water partition coefficient (Wildman–Crippen LogP) is 3.23. The van der Waals surface area contributed by atoms with E-state index in [0.717, 1.165) is 0 Å². The number of esters is 1. The molecule has 0 bridgehead atoms. The fourth-order valence-corrected chi connectivity index (χ4v) is 3.26. The number of carbonyl (C=O) groups is 3. The second-order valence-electron chi connectivity index (χ2n) is 6.11. The van der Waals surface area contributed by atoms with Gasteiger partial charge < -0.3 is 14.8 Å². The number of methoxy groups -OCH3 is 2. The molecule has 0 saturated carbocycles. The van der Waals surface area contributed by atoms with Gasteiger partial charge in [-0.1, -0.05) is 23.7 Å². The predicted molar refractivity (Wildman–Crippen MR) is 104 cm³/mol. The number of amides is 2. The minimum Gasteiger partial charge on any atom is -0.496 e. The summed E-state index contributed by atoms with van der Waals surface area (Å²) in [7, 11) is 2.72. The normalized spacial score (nSPS) is 12.8. The van der Waals surface area contributed by atoms with Crippen LogP contribution in [0.5, 0.6) is 5.75 Å². The molecule has 0 atom stereocenters. The molecular weight excluding hydrogens is 384 g/mol. The van der Waals surface area contributed by atoms with Crippen LogP contribution in [-0.2, 0) is 4.74 Å². The van der Waals surface area contributed by atoms with Crippen molar-refractivity contribution in [3.63, 3.8) is 0 Å². The molecule has 0 aromatic heterocycles. The van der Waals surface area contributed by atoms with Gasteiger partial charge in [-0.15, -0.1) is 0 Å². The lowest BCUT2D eigenvalue weighted by Crippen LogP contribution is -2.31. The Morgan fingerprint density at radius 2 is 1.75 bits per heavy atom. The summed E-state index contributed by atoms with van der Waals surface area (Å²) in [5, 5.41) is 3.47. The maximum Gasteiger partial charge on any atom is 0.341 e. The lowest BCUT2D eigenvalue weighted by atomic mass is 10.1. The Kier molecular flexibility index (Phi) is 5.84. The van der Waals surface area contributed by atoms with Crippen LogP contribution < -0.4 is 10.1 Å². The summed E-state index contributed by atoms with van der Waals surface area (Å²) < 4.78 is 9.93. The lowest BCUT2D eigenvalue weighted by Gasteiger charge is -2.16. The van der Waals surface area contributed by atoms with Gasteiger partial charge in [0.25, 0.3) is 11.8 Å². The number of imide groups is 1. The molecule has 1 aliphatic rings. The summed E-state index contributed by atoms with van der Waals surface area (Å²) in [6, 6.07) is 9.87. The number of rotatable bonds is 7. The van der Waals surface area contributed by atoms with E-state index in [2.05, 4.69) is 5.32 Å². The Morgan fingerprint density at radius 3 is 2.32 bits per heavy atom. The van der Waals surface area contributed by atoms with E-state index in [1.165, 1.54) is 25.2 Å². The summed E-state index contributed by atoms with van der Waals surface area (Å²) in [5.74, 6) is -0.763. The van der Waals surface area contributed by atoms with E-state index < -0.39 is 5.97 Å². The lowest BCUT2D eigenvalue weighted by molar-refractivity contribution is 0.0595. The van der Waals surface area contributed by atoms with Gasteiger partial charge in [-0.05, 0) is 24.6 Å². The first kappa shape index (κ1) is 19.7. The average Bonchev–Trinajstić information content (AvgIpc) is 2.96. The maximum atomic E-state index is 12.3. The summed E-state index contributed by atoms with van der Waals surface area (Å²) in [4.78, 5) is 37.7. The van der Waals surface area contributed by atoms with Crippen molar-refractivity contribution in [2.45, 2.75) is 6.42 Å². The zero-order chi connectivity index (χ0) is 20.3. The number of halogens is 1. The molecule has 2 aromatic carbocycles. The van der Waals surface area contributed by atoms with Gasteiger partial charge in [-0.25, -0.2) is 4.79 Å². The van der Waals surface area contributed by atoms with Crippen LogP contribution in [-0.4, -0.2) is 50.0 Å². The number of anilines is 1. The Bertz CT molecular complexity index is 909. The number of benzene rings is 2. The highest BCUT2D eigenvalue weighted by Crippen LogP contribution is 2.31. The minimum atomic E-state index is -0.545. The first-order valence-corrected chi connectivity index (χ1v) is 9.00. The Hall–Kier alpha value is -3.06. The molecule has 0 radical (unpaired) electrons. The van der Waals surface area contributed by atoms with Crippen LogP contribution in [0, 0.1) is 0 Å². The first-order chi connectivity index (χ1) is 13.5. The van der Waals surface area contributed by atoms with Gasteiger partial charge in [0, 0.05) is 19.2 Å². The summed E-state index contributed by atoms with van der Waals surface area (Å²) >= 11 is 6.23. The van der Waals surface area contributed by atoms with Crippen molar-refractivity contribution in [3.8, 4) is 5.75 Å². The van der Waals surface area contributed by atoms with Crippen LogP contribution in [0.1, 0.15) is 37.5 Å². The quantitative estimate of drug-likeness (QED) is 0.435. The number of nitrogens with one attached hydrogen (secondary N) is 1. The number of carbonyl (C=O) groups excluding carboxylic acids is 3. The van der Waals surface area contributed by atoms with Crippen LogP contribution in [0.25, 0.3) is 0 Å². The Morgan fingerprint density at radius 1 is 1.11 bits per heavy atom. The topological polar surface area (TPSA) is 84.9 Å². The minimum absolute atomic E-state index is 0.228. The second-order valence-corrected chi connectivity index (χ2v) is 6.52. The van der Waals surface area contributed by atoms with Crippen molar-refractivity contribution < 1.29 is 23.9 Å². The molecule has 1 N–H and O–H groups in total. The van der Waals surface area contributed by atoms with Crippen molar-refractivity contribution in [1.82, 2.24) is 4.90 Å². The van der Waals surface area contributed by atoms with Crippen LogP contribution in [0.15, 0.2) is 36.4 Å². The van der Waals surface area contributed by atoms with E-state index in [1.54, 1.807) is 30.3 Å². The molecule has 3 rings (SSSR count). The number of hydrogen-bond donors (Lipinski definition) is 1. The van der Waals surface area contributed by atoms with E-state index in [9.17, 15) is 14.4 Å². The van der Waals surface area contributed by atoms with Crippen LogP contribution in [0.3, 0.4) is 0 Å². The molecule has 146 valence electrons. The van der Waals surface area contributed by atoms with E-state index in [0.29, 0.717) is 40.6 Å². The largest absolute Gasteiger partial charge is 0.496 e. The molecule has 2 aromatic rings. The number of hydrogen-bond acceptors (Lipinski definition) is 6. The van der Waals surface area contributed by atoms with E-state index in [4.69, 9.17) is 21.1 Å². The zero-order valence-corrected chi connectivity index (χ0v) is 16.2. The third-order valence-corrected chi connectivity index (χ3v) is 4.76. The molecule has 0 spiro atoms. The molecule has 1 aliphatic heterocycles. The van der Waals surface area contributed by atoms with Gasteiger partial charge in [0.2, 0.25) is 0 Å². The fraction of sp³-hybridized carbons (Fsp3) is 0.250. The molecule has 2 amide bonds. The van der Waals surface area contributed by atoms with Gasteiger partial charge in [0.15, 0.2) is 0 Å². The van der Waals surface area contributed by atoms with Crippen molar-refractivity contribution in [2.24, 2.45) is 0 Å². The van der Waals surface area contributed by atoms with Crippen LogP contribution >= 0.6 is 11.6 Å². The maximum absolute atomic E-state index is 12.3. The smallest absolute Gasteiger partial charge is 0.341 e. The fourth-order valence-electron chi connectivity index (χ4n) is 3.03. The third kappa shape index (κ3) is 3.66. The molecule has 8 heteroatoms. The Balaban J connectivity index is 1.61. The SMILES string of the molecule is COC(=O)c1cc(Cl)c(NCCCN2C(=O)c3ccccc3C2=O)cc1OC. The molecule has 0 saturated heterocycles. The number of nitrogens with zero attached hydrogens (tertiary/aromatic N) is 1. The summed E-state index contributed by atoms with van der Waals surface area (Å²) in [5.41, 5.74) is 1.68. The van der Waals surface area contributed by atoms with Crippen LogP contribution in [0.2, 0.25) is 5.02 Å². The van der Waals surface area contributed by atoms with Gasteiger partial charge in [0.05, 0.1) is 36.1 Å². The summed E-state index contributed by atoms with van der Waals surface area (Å²) in [6.07, 6.45) is 0.531. The van der Waals surface area contributed by atoms with Gasteiger partial charge >= 0.3 is 5.97 Å². The molecule has 0 fully saturated rings. The van der Waals surface area contributed by atoms with Gasteiger partial charge in [0.1, 0.15) is 11.3 Å². The highest BCUT2D eigenvalue weighted by atomic mass is 35.5. The van der Waals surface area contributed by atoms with Crippen molar-refractivity contribution >= 4 is 35.1 Å². The monoisotopic (exact) mass is 402 g/mol. The standard InChI is InChI=1S/C20H19ClN2O5/c1-27-17-11-16(15(21)10-14(17)20(26)28-2)22-8-5-9-23-18(24)12-6-3-4-7-13(12)19(23)25/h3-4,6-7,10-11,22H,5,8-9H2,1-2H3. The van der Waals surface area contributed by atoms with Crippen molar-refractivity contribution in [3.05, 3.63) is 58.1 Å². The van der Waals surface area contributed by atoms with Crippen LogP contribution in [0.4, 0.5) is 5.69 Å². The third-order valence-electron chi connectivity index (χ3n) is 4.45. The zero-order valence-electron chi connectivity index (χ0n) is 15.5. The molecule has 1 heterocycles. The number of ether oxygens (including phenoxy) is 2. The highest BCUT2D eigenvalue weighted by Gasteiger charge is 2.34. The molecule has 7 nitrogen and oxygen atoms in total. The number of fused-ring (bicyclic) bond motifs is 1. The molecule has 0 unspecified atom stereocenters. The molecular formula is C20H19ClN2O5. The Labute approximate surface area is 167 Å². The second kappa shape index (κ2) is 8.31. The van der Waals surface area contributed by atoms with Gasteiger partial charge in [-0.3, -0.25) is 14.5 Å². The molecule has 0 aliphatic carbocycles. The molecule has 28 heavy (non-hydrogen) atoms. The van der Waals surface area contributed by atoms with Gasteiger partial charge in [-0.2, -0.15) is 0 Å². The highest BCUT2D eigenvalue weighted by molar-refractivity contribution is 6.33. The van der Waals surface area contributed by atoms with E-state index in [-0.39, 0.29) is 23.9 Å². The van der Waals surface area contributed by atoms with Crippen molar-refractivity contribution in [1.29, 1.82) is 0 Å². The van der Waals surface area contributed by atoms with E-state index in [1.807, 2.05) is 0 Å². The average molecular weight is 403 g/mol. The summed E-state index contributed by atoms with van der Waals surface area (Å²) in [6.45, 7) is 0.752. The van der Waals surface area contributed by atoms with Crippen molar-refractivity contribution in [2.75, 3.05) is 32.6 Å². The first-order valence-electron chi connectivity index (χ1n) is 8.63.